The molecule has 0 radical (unpaired) electrons. The average Bonchev–Trinajstić information content (AvgIpc) is 2.44. The Labute approximate surface area is 134 Å². The van der Waals surface area contributed by atoms with Gasteiger partial charge in [0, 0.05) is 25.2 Å². The molecule has 0 spiro atoms. The third-order valence-corrected chi connectivity index (χ3v) is 3.19. The number of nitrogens with zero attached hydrogens (tertiary/aromatic N) is 1. The van der Waals surface area contributed by atoms with E-state index < -0.39 is 23.9 Å². The number of ether oxygens (including phenoxy) is 1. The lowest BCUT2D eigenvalue weighted by Crippen LogP contribution is -2.19. The molecule has 24 heavy (non-hydrogen) atoms. The predicted molar refractivity (Wildman–Crippen MR) is 77.9 cm³/mol. The molecule has 0 unspecified atom stereocenters. The molecule has 0 atom stereocenters. The highest BCUT2D eigenvalue weighted by atomic mass is 19.4. The van der Waals surface area contributed by atoms with Crippen LogP contribution in [0.25, 0.3) is 11.1 Å². The first-order valence-electron chi connectivity index (χ1n) is 6.73. The molecule has 0 aliphatic rings. The van der Waals surface area contributed by atoms with Gasteiger partial charge in [-0.25, -0.2) is 0 Å². The average molecular weight is 349 g/mol. The largest absolute Gasteiger partial charge is 0.573 e. The first-order chi connectivity index (χ1) is 11.0. The first-order valence-corrected chi connectivity index (χ1v) is 6.73. The first kappa shape index (κ1) is 18.0. The van der Waals surface area contributed by atoms with Crippen LogP contribution < -0.4 is 9.64 Å². The Bertz CT molecular complexity index is 721. The molecule has 0 N–H and O–H groups in total. The summed E-state index contributed by atoms with van der Waals surface area (Å²) < 4.78 is 81.3. The number of halogens is 6. The van der Waals surface area contributed by atoms with E-state index in [4.69, 9.17) is 0 Å². The predicted octanol–water partition coefficient (Wildman–Crippen LogP) is 5.34. The van der Waals surface area contributed by atoms with E-state index in [9.17, 15) is 26.3 Å². The molecule has 2 aromatic rings. The summed E-state index contributed by atoms with van der Waals surface area (Å²) in [4.78, 5) is 1.21. The molecule has 0 fully saturated rings. The van der Waals surface area contributed by atoms with Gasteiger partial charge in [-0.15, -0.1) is 13.2 Å². The Morgan fingerprint density at radius 2 is 1.38 bits per heavy atom. The minimum Gasteiger partial charge on any atom is -0.405 e. The molecular formula is C16H13F6NO. The lowest BCUT2D eigenvalue weighted by Gasteiger charge is -2.24. The van der Waals surface area contributed by atoms with Crippen LogP contribution >= 0.6 is 0 Å². The van der Waals surface area contributed by atoms with E-state index in [1.54, 1.807) is 0 Å². The fraction of sp³-hybridized carbons (Fsp3) is 0.250. The second kappa shape index (κ2) is 6.26. The molecule has 0 aromatic heterocycles. The summed E-state index contributed by atoms with van der Waals surface area (Å²) >= 11 is 0. The fourth-order valence-corrected chi connectivity index (χ4v) is 2.37. The molecule has 2 rings (SSSR count). The Balaban J connectivity index is 2.70. The Kier molecular flexibility index (Phi) is 4.68. The zero-order valence-electron chi connectivity index (χ0n) is 12.7. The van der Waals surface area contributed by atoms with Crippen LogP contribution in [-0.4, -0.2) is 20.5 Å². The number of rotatable bonds is 3. The lowest BCUT2D eigenvalue weighted by molar-refractivity contribution is -0.274. The molecule has 8 heteroatoms. The summed E-state index contributed by atoms with van der Waals surface area (Å²) in [6, 6.07) is 8.43. The third kappa shape index (κ3) is 3.93. The molecule has 2 aromatic carbocycles. The minimum absolute atomic E-state index is 0.00493. The minimum atomic E-state index is -4.95. The van der Waals surface area contributed by atoms with E-state index >= 15 is 0 Å². The Morgan fingerprint density at radius 3 is 1.92 bits per heavy atom. The Morgan fingerprint density at radius 1 is 0.792 bits per heavy atom. The summed E-state index contributed by atoms with van der Waals surface area (Å²) in [7, 11) is 2.78. The van der Waals surface area contributed by atoms with Crippen LogP contribution in [-0.2, 0) is 6.18 Å². The van der Waals surface area contributed by atoms with Crippen molar-refractivity contribution < 1.29 is 31.1 Å². The maximum absolute atomic E-state index is 13.2. The highest BCUT2D eigenvalue weighted by Crippen LogP contribution is 2.44. The van der Waals surface area contributed by atoms with Gasteiger partial charge in [-0.3, -0.25) is 0 Å². The highest BCUT2D eigenvalue weighted by Gasteiger charge is 2.36. The van der Waals surface area contributed by atoms with Crippen LogP contribution in [0.1, 0.15) is 5.56 Å². The van der Waals surface area contributed by atoms with Crippen molar-refractivity contribution in [3.63, 3.8) is 0 Å². The smallest absolute Gasteiger partial charge is 0.405 e. The molecule has 2 nitrogen and oxygen atoms in total. The second-order valence-electron chi connectivity index (χ2n) is 5.14. The summed E-state index contributed by atoms with van der Waals surface area (Å²) in [5.74, 6) is -0.563. The zero-order chi connectivity index (χ0) is 18.1. The molecular weight excluding hydrogens is 336 g/mol. The van der Waals surface area contributed by atoms with Gasteiger partial charge in [-0.05, 0) is 12.1 Å². The lowest BCUT2D eigenvalue weighted by atomic mass is 9.98. The SMILES string of the molecule is CN(C)c1c(-c2ccccc2OC(F)(F)F)cccc1C(F)(F)F. The molecule has 0 saturated heterocycles. The van der Waals surface area contributed by atoms with Gasteiger partial charge >= 0.3 is 12.5 Å². The van der Waals surface area contributed by atoms with E-state index in [2.05, 4.69) is 4.74 Å². The van der Waals surface area contributed by atoms with E-state index in [0.29, 0.717) is 0 Å². The van der Waals surface area contributed by atoms with Crippen LogP contribution in [0.5, 0.6) is 5.75 Å². The molecule has 0 bridgehead atoms. The summed E-state index contributed by atoms with van der Waals surface area (Å²) in [5, 5.41) is 0. The maximum atomic E-state index is 13.2. The molecule has 0 aliphatic heterocycles. The molecule has 0 heterocycles. The molecule has 0 amide bonds. The van der Waals surface area contributed by atoms with Gasteiger partial charge in [0.15, 0.2) is 0 Å². The van der Waals surface area contributed by atoms with E-state index in [-0.39, 0.29) is 16.8 Å². The summed E-state index contributed by atoms with van der Waals surface area (Å²) in [5.41, 5.74) is -1.26. The van der Waals surface area contributed by atoms with Gasteiger partial charge in [0.25, 0.3) is 0 Å². The van der Waals surface area contributed by atoms with E-state index in [1.807, 2.05) is 0 Å². The van der Waals surface area contributed by atoms with Crippen LogP contribution in [0.3, 0.4) is 0 Å². The maximum Gasteiger partial charge on any atom is 0.573 e. The monoisotopic (exact) mass is 349 g/mol. The fourth-order valence-electron chi connectivity index (χ4n) is 2.37. The number of hydrogen-bond acceptors (Lipinski definition) is 2. The summed E-state index contributed by atoms with van der Waals surface area (Å²) in [6.45, 7) is 0. The van der Waals surface area contributed by atoms with Gasteiger partial charge in [-0.1, -0.05) is 30.3 Å². The van der Waals surface area contributed by atoms with E-state index in [0.717, 1.165) is 18.2 Å². The second-order valence-corrected chi connectivity index (χ2v) is 5.14. The van der Waals surface area contributed by atoms with Gasteiger partial charge in [0.2, 0.25) is 0 Å². The summed E-state index contributed by atoms with van der Waals surface area (Å²) in [6.07, 6.45) is -9.59. The van der Waals surface area contributed by atoms with Crippen molar-refractivity contribution in [2.45, 2.75) is 12.5 Å². The third-order valence-electron chi connectivity index (χ3n) is 3.19. The van der Waals surface area contributed by atoms with Gasteiger partial charge < -0.3 is 9.64 Å². The number of hydrogen-bond donors (Lipinski definition) is 0. The number of para-hydroxylation sites is 2. The van der Waals surface area contributed by atoms with Gasteiger partial charge in [0.1, 0.15) is 5.75 Å². The van der Waals surface area contributed by atoms with Crippen molar-refractivity contribution in [1.29, 1.82) is 0 Å². The Hall–Kier alpha value is -2.38. The van der Waals surface area contributed by atoms with Crippen molar-refractivity contribution in [3.05, 3.63) is 48.0 Å². The standard InChI is InChI=1S/C16H13F6NO/c1-23(2)14-11(7-5-8-12(14)15(17,18)19)10-6-3-4-9-13(10)24-16(20,21)22/h3-9H,1-2H3. The highest BCUT2D eigenvalue weighted by molar-refractivity contribution is 5.84. The molecule has 0 aliphatic carbocycles. The van der Waals surface area contributed by atoms with Crippen molar-refractivity contribution >= 4 is 5.69 Å². The van der Waals surface area contributed by atoms with Gasteiger partial charge in [0.05, 0.1) is 11.3 Å². The number of anilines is 1. The zero-order valence-corrected chi connectivity index (χ0v) is 12.7. The van der Waals surface area contributed by atoms with Crippen molar-refractivity contribution in [1.82, 2.24) is 0 Å². The van der Waals surface area contributed by atoms with Gasteiger partial charge in [-0.2, -0.15) is 13.2 Å². The van der Waals surface area contributed by atoms with Crippen molar-refractivity contribution in [2.24, 2.45) is 0 Å². The topological polar surface area (TPSA) is 12.5 Å². The van der Waals surface area contributed by atoms with Crippen LogP contribution in [0.4, 0.5) is 32.0 Å². The number of alkyl halides is 6. The van der Waals surface area contributed by atoms with Crippen molar-refractivity contribution in [2.75, 3.05) is 19.0 Å². The number of benzene rings is 2. The van der Waals surface area contributed by atoms with E-state index in [1.165, 1.54) is 43.3 Å². The molecule has 0 saturated carbocycles. The van der Waals surface area contributed by atoms with Crippen molar-refractivity contribution in [3.8, 4) is 16.9 Å². The van der Waals surface area contributed by atoms with Crippen LogP contribution in [0.2, 0.25) is 0 Å². The van der Waals surface area contributed by atoms with Crippen LogP contribution in [0.15, 0.2) is 42.5 Å². The quantitative estimate of drug-likeness (QED) is 0.694. The normalized spacial score (nSPS) is 12.2. The molecule has 130 valence electrons. The van der Waals surface area contributed by atoms with Crippen LogP contribution in [0, 0.1) is 0 Å².